The number of hydrogen-bond acceptors (Lipinski definition) is 2. The summed E-state index contributed by atoms with van der Waals surface area (Å²) in [6.07, 6.45) is 0.961. The lowest BCUT2D eigenvalue weighted by Gasteiger charge is -2.06. The molecule has 2 aromatic carbocycles. The molecule has 0 spiro atoms. The van der Waals surface area contributed by atoms with Gasteiger partial charge in [0.2, 0.25) is 0 Å². The Morgan fingerprint density at radius 1 is 1.06 bits per heavy atom. The van der Waals surface area contributed by atoms with E-state index in [1.165, 1.54) is 16.3 Å². The zero-order chi connectivity index (χ0) is 11.2. The topological polar surface area (TPSA) is 35.8 Å². The molecule has 2 aromatic rings. The van der Waals surface area contributed by atoms with Crippen molar-refractivity contribution in [2.24, 2.45) is 0 Å². The predicted molar refractivity (Wildman–Crippen MR) is 66.1 cm³/mol. The van der Waals surface area contributed by atoms with Crippen LogP contribution in [-0.4, -0.2) is 13.1 Å². The molecule has 0 heterocycles. The number of fused-ring (bicyclic) bond motifs is 1. The Morgan fingerprint density at radius 3 is 2.75 bits per heavy atom. The summed E-state index contributed by atoms with van der Waals surface area (Å²) in [4.78, 5) is 0. The van der Waals surface area contributed by atoms with Crippen LogP contribution in [0.2, 0.25) is 0 Å². The molecule has 0 aliphatic carbocycles. The predicted octanol–water partition coefficient (Wildman–Crippen LogP) is 2.50. The minimum Gasteiger partial charge on any atom is -0.304 e. The van der Waals surface area contributed by atoms with Crippen molar-refractivity contribution in [1.29, 1.82) is 5.26 Å². The van der Waals surface area contributed by atoms with Gasteiger partial charge in [0.25, 0.3) is 0 Å². The van der Waals surface area contributed by atoms with Gasteiger partial charge in [0.1, 0.15) is 0 Å². The summed E-state index contributed by atoms with van der Waals surface area (Å²) < 4.78 is 0. The lowest BCUT2D eigenvalue weighted by molar-refractivity contribution is 0.752. The summed E-state index contributed by atoms with van der Waals surface area (Å²) >= 11 is 0. The molecule has 0 bridgehead atoms. The van der Waals surface area contributed by atoms with Gasteiger partial charge < -0.3 is 5.32 Å². The summed E-state index contributed by atoms with van der Waals surface area (Å²) in [5.41, 5.74) is 1.34. The average molecular weight is 210 g/mol. The molecule has 2 heteroatoms. The maximum atomic E-state index is 8.42. The van der Waals surface area contributed by atoms with Crippen molar-refractivity contribution in [3.63, 3.8) is 0 Å². The maximum Gasteiger partial charge on any atom is 0.0841 e. The second-order valence-electron chi connectivity index (χ2n) is 3.72. The minimum absolute atomic E-state index is 0.421. The van der Waals surface area contributed by atoms with E-state index in [9.17, 15) is 0 Å². The van der Waals surface area contributed by atoms with Crippen LogP contribution >= 0.6 is 0 Å². The van der Waals surface area contributed by atoms with E-state index in [1.807, 2.05) is 0 Å². The van der Waals surface area contributed by atoms with Gasteiger partial charge in [-0.3, -0.25) is 0 Å². The summed E-state index contributed by atoms with van der Waals surface area (Å²) in [5.74, 6) is 0. The van der Waals surface area contributed by atoms with Crippen molar-refractivity contribution in [3.8, 4) is 6.07 Å². The highest BCUT2D eigenvalue weighted by Crippen LogP contribution is 2.18. The molecule has 80 valence electrons. The highest BCUT2D eigenvalue weighted by atomic mass is 14.8. The molecule has 16 heavy (non-hydrogen) atoms. The first-order valence-electron chi connectivity index (χ1n) is 5.46. The van der Waals surface area contributed by atoms with E-state index < -0.39 is 0 Å². The van der Waals surface area contributed by atoms with Crippen molar-refractivity contribution in [2.75, 3.05) is 13.1 Å². The van der Waals surface area contributed by atoms with E-state index >= 15 is 0 Å². The van der Waals surface area contributed by atoms with Crippen LogP contribution in [0.5, 0.6) is 0 Å². The second-order valence-corrected chi connectivity index (χ2v) is 3.72. The summed E-state index contributed by atoms with van der Waals surface area (Å²) in [7, 11) is 0. The number of hydrogen-bond donors (Lipinski definition) is 1. The molecule has 0 saturated carbocycles. The van der Waals surface area contributed by atoms with Crippen LogP contribution in [0, 0.1) is 11.3 Å². The Kier molecular flexibility index (Phi) is 3.53. The fourth-order valence-corrected chi connectivity index (χ4v) is 1.88. The smallest absolute Gasteiger partial charge is 0.0841 e. The monoisotopic (exact) mass is 210 g/mol. The van der Waals surface area contributed by atoms with Gasteiger partial charge in [-0.05, 0) is 22.8 Å². The van der Waals surface area contributed by atoms with Crippen molar-refractivity contribution in [1.82, 2.24) is 5.32 Å². The molecule has 0 aliphatic heterocycles. The molecule has 0 aromatic heterocycles. The molecule has 2 nitrogen and oxygen atoms in total. The Balaban J connectivity index is 2.15. The van der Waals surface area contributed by atoms with Crippen molar-refractivity contribution in [3.05, 3.63) is 48.0 Å². The van der Waals surface area contributed by atoms with Gasteiger partial charge >= 0.3 is 0 Å². The van der Waals surface area contributed by atoms with Crippen LogP contribution in [0.1, 0.15) is 5.56 Å². The second kappa shape index (κ2) is 5.29. The summed E-state index contributed by atoms with van der Waals surface area (Å²) in [6.45, 7) is 1.27. The zero-order valence-electron chi connectivity index (χ0n) is 9.11. The van der Waals surface area contributed by atoms with E-state index in [-0.39, 0.29) is 0 Å². The third-order valence-electron chi connectivity index (χ3n) is 2.66. The van der Waals surface area contributed by atoms with Gasteiger partial charge in [0.15, 0.2) is 0 Å². The van der Waals surface area contributed by atoms with Gasteiger partial charge in [-0.1, -0.05) is 42.5 Å². The lowest BCUT2D eigenvalue weighted by Crippen LogP contribution is -2.17. The first-order valence-corrected chi connectivity index (χ1v) is 5.46. The number of nitriles is 1. The van der Waals surface area contributed by atoms with Crippen LogP contribution < -0.4 is 5.32 Å². The number of nitrogens with one attached hydrogen (secondary N) is 1. The van der Waals surface area contributed by atoms with Crippen LogP contribution in [0.3, 0.4) is 0 Å². The van der Waals surface area contributed by atoms with E-state index in [4.69, 9.17) is 5.26 Å². The van der Waals surface area contributed by atoms with Crippen molar-refractivity contribution >= 4 is 10.8 Å². The van der Waals surface area contributed by atoms with Crippen LogP contribution in [0.25, 0.3) is 10.8 Å². The normalized spacial score (nSPS) is 10.2. The summed E-state index contributed by atoms with van der Waals surface area (Å²) in [6, 6.07) is 16.8. The van der Waals surface area contributed by atoms with E-state index in [1.54, 1.807) is 0 Å². The van der Waals surface area contributed by atoms with Crippen LogP contribution in [0.4, 0.5) is 0 Å². The van der Waals surface area contributed by atoms with Crippen LogP contribution in [0.15, 0.2) is 42.5 Å². The highest BCUT2D eigenvalue weighted by Gasteiger charge is 1.99. The average Bonchev–Trinajstić information content (AvgIpc) is 2.35. The molecular weight excluding hydrogens is 196 g/mol. The minimum atomic E-state index is 0.421. The quantitative estimate of drug-likeness (QED) is 0.621. The van der Waals surface area contributed by atoms with E-state index in [0.717, 1.165) is 13.0 Å². The molecule has 0 fully saturated rings. The Morgan fingerprint density at radius 2 is 1.88 bits per heavy atom. The van der Waals surface area contributed by atoms with Crippen molar-refractivity contribution in [2.45, 2.75) is 6.42 Å². The molecule has 2 rings (SSSR count). The van der Waals surface area contributed by atoms with E-state index in [2.05, 4.69) is 53.9 Å². The van der Waals surface area contributed by atoms with Crippen LogP contribution in [-0.2, 0) is 6.42 Å². The SMILES string of the molecule is N#CCNCCc1cccc2ccccc12. The molecule has 0 atom stereocenters. The third kappa shape index (κ3) is 2.39. The van der Waals surface area contributed by atoms with Gasteiger partial charge in [-0.2, -0.15) is 5.26 Å². The Bertz CT molecular complexity index is 506. The maximum absolute atomic E-state index is 8.42. The molecule has 0 saturated heterocycles. The number of rotatable bonds is 4. The van der Waals surface area contributed by atoms with Gasteiger partial charge in [-0.25, -0.2) is 0 Å². The number of benzene rings is 2. The van der Waals surface area contributed by atoms with E-state index in [0.29, 0.717) is 6.54 Å². The molecule has 0 unspecified atom stereocenters. The fraction of sp³-hybridized carbons (Fsp3) is 0.214. The zero-order valence-corrected chi connectivity index (χ0v) is 9.11. The summed E-state index contributed by atoms with van der Waals surface area (Å²) in [5, 5.41) is 14.1. The first kappa shape index (κ1) is 10.7. The molecule has 0 aliphatic rings. The van der Waals surface area contributed by atoms with Gasteiger partial charge in [0, 0.05) is 6.54 Å². The third-order valence-corrected chi connectivity index (χ3v) is 2.66. The Hall–Kier alpha value is -1.85. The Labute approximate surface area is 95.5 Å². The fourth-order valence-electron chi connectivity index (χ4n) is 1.88. The lowest BCUT2D eigenvalue weighted by atomic mass is 10.0. The largest absolute Gasteiger partial charge is 0.304 e. The highest BCUT2D eigenvalue weighted by molar-refractivity contribution is 5.85. The standard InChI is InChI=1S/C14H14N2/c15-9-11-16-10-8-13-6-3-5-12-4-1-2-7-14(12)13/h1-7,16H,8,10-11H2. The number of nitrogens with zero attached hydrogens (tertiary/aromatic N) is 1. The van der Waals surface area contributed by atoms with Crippen molar-refractivity contribution < 1.29 is 0 Å². The molecular formula is C14H14N2. The molecule has 0 amide bonds. The van der Waals surface area contributed by atoms with Gasteiger partial charge in [-0.15, -0.1) is 0 Å². The first-order chi connectivity index (χ1) is 7.92. The van der Waals surface area contributed by atoms with Gasteiger partial charge in [0.05, 0.1) is 12.6 Å². The molecule has 0 radical (unpaired) electrons. The molecule has 1 N–H and O–H groups in total.